The second-order valence-corrected chi connectivity index (χ2v) is 6.93. The SMILES string of the molecule is Cc1cc(C)n(-c2ccc(C(=O)Nc3cc4c(cc3Cl)OCCCO4)cn2)n1. The quantitative estimate of drug-likeness (QED) is 0.722. The molecule has 2 aromatic heterocycles. The van der Waals surface area contributed by atoms with Crippen LogP contribution in [0.2, 0.25) is 5.02 Å². The maximum absolute atomic E-state index is 12.6. The number of benzene rings is 1. The molecule has 0 radical (unpaired) electrons. The minimum atomic E-state index is -0.316. The van der Waals surface area contributed by atoms with Gasteiger partial charge in [-0.25, -0.2) is 9.67 Å². The van der Waals surface area contributed by atoms with Crippen molar-refractivity contribution in [1.82, 2.24) is 14.8 Å². The number of nitrogens with one attached hydrogen (secondary N) is 1. The number of fused-ring (bicyclic) bond motifs is 1. The standard InChI is InChI=1S/C20H19ClN4O3/c1-12-8-13(2)25(24-12)19-5-4-14(11-22-19)20(26)23-16-10-18-17(9-15(16)21)27-6-3-7-28-18/h4-5,8-11H,3,6-7H2,1-2H3,(H,23,26). The molecule has 0 fully saturated rings. The molecule has 3 heterocycles. The van der Waals surface area contributed by atoms with Crippen molar-refractivity contribution in [1.29, 1.82) is 0 Å². The highest BCUT2D eigenvalue weighted by Crippen LogP contribution is 2.37. The summed E-state index contributed by atoms with van der Waals surface area (Å²) in [6, 6.07) is 8.75. The molecule has 3 aromatic rings. The number of rotatable bonds is 3. The van der Waals surface area contributed by atoms with E-state index in [2.05, 4.69) is 15.4 Å². The zero-order chi connectivity index (χ0) is 19.7. The van der Waals surface area contributed by atoms with Gasteiger partial charge in [-0.05, 0) is 32.0 Å². The van der Waals surface area contributed by atoms with Crippen LogP contribution >= 0.6 is 11.6 Å². The van der Waals surface area contributed by atoms with Crippen LogP contribution in [0.4, 0.5) is 5.69 Å². The lowest BCUT2D eigenvalue weighted by atomic mass is 10.2. The number of hydrogen-bond acceptors (Lipinski definition) is 5. The van der Waals surface area contributed by atoms with Crippen LogP contribution in [0.1, 0.15) is 28.2 Å². The number of aryl methyl sites for hydroxylation is 2. The van der Waals surface area contributed by atoms with Crippen molar-refractivity contribution < 1.29 is 14.3 Å². The first-order valence-electron chi connectivity index (χ1n) is 8.91. The number of carbonyl (C=O) groups excluding carboxylic acids is 1. The van der Waals surface area contributed by atoms with Crippen LogP contribution in [0, 0.1) is 13.8 Å². The number of ether oxygens (including phenoxy) is 2. The van der Waals surface area contributed by atoms with Gasteiger partial charge in [0.15, 0.2) is 17.3 Å². The molecule has 1 N–H and O–H groups in total. The molecule has 0 saturated carbocycles. The van der Waals surface area contributed by atoms with Crippen LogP contribution < -0.4 is 14.8 Å². The lowest BCUT2D eigenvalue weighted by molar-refractivity contribution is 0.102. The lowest BCUT2D eigenvalue weighted by Gasteiger charge is -2.12. The highest BCUT2D eigenvalue weighted by molar-refractivity contribution is 6.34. The molecule has 8 heteroatoms. The predicted octanol–water partition coefficient (Wildman–Crippen LogP) is 3.95. The molecule has 7 nitrogen and oxygen atoms in total. The van der Waals surface area contributed by atoms with Crippen molar-refractivity contribution >= 4 is 23.2 Å². The second-order valence-electron chi connectivity index (χ2n) is 6.53. The van der Waals surface area contributed by atoms with E-state index in [1.165, 1.54) is 6.20 Å². The predicted molar refractivity (Wildman–Crippen MR) is 106 cm³/mol. The number of halogens is 1. The third kappa shape index (κ3) is 3.66. The van der Waals surface area contributed by atoms with Crippen molar-refractivity contribution in [3.63, 3.8) is 0 Å². The zero-order valence-corrected chi connectivity index (χ0v) is 16.3. The summed E-state index contributed by atoms with van der Waals surface area (Å²) in [5, 5.41) is 7.58. The first-order valence-corrected chi connectivity index (χ1v) is 9.29. The Morgan fingerprint density at radius 3 is 2.54 bits per heavy atom. The zero-order valence-electron chi connectivity index (χ0n) is 15.5. The van der Waals surface area contributed by atoms with Crippen molar-refractivity contribution in [2.45, 2.75) is 20.3 Å². The van der Waals surface area contributed by atoms with Gasteiger partial charge in [0.25, 0.3) is 5.91 Å². The van der Waals surface area contributed by atoms with Crippen LogP contribution in [0.5, 0.6) is 11.5 Å². The monoisotopic (exact) mass is 398 g/mol. The van der Waals surface area contributed by atoms with Gasteiger partial charge in [-0.1, -0.05) is 11.6 Å². The van der Waals surface area contributed by atoms with Gasteiger partial charge < -0.3 is 14.8 Å². The van der Waals surface area contributed by atoms with Gasteiger partial charge >= 0.3 is 0 Å². The van der Waals surface area contributed by atoms with Gasteiger partial charge in [0.05, 0.1) is 35.2 Å². The van der Waals surface area contributed by atoms with Crippen molar-refractivity contribution in [2.24, 2.45) is 0 Å². The van der Waals surface area contributed by atoms with E-state index in [1.54, 1.807) is 28.9 Å². The Labute approximate surface area is 167 Å². The minimum absolute atomic E-state index is 0.316. The highest BCUT2D eigenvalue weighted by atomic mass is 35.5. The Balaban J connectivity index is 1.54. The molecule has 1 aliphatic heterocycles. The molecule has 4 rings (SSSR count). The van der Waals surface area contributed by atoms with Gasteiger partial charge in [-0.3, -0.25) is 4.79 Å². The molecule has 0 bridgehead atoms. The maximum Gasteiger partial charge on any atom is 0.257 e. The first-order chi connectivity index (χ1) is 13.5. The van der Waals surface area contributed by atoms with Gasteiger partial charge in [0.1, 0.15) is 0 Å². The maximum atomic E-state index is 12.6. The Kier molecular flexibility index (Phi) is 4.92. The first kappa shape index (κ1) is 18.3. The van der Waals surface area contributed by atoms with E-state index in [1.807, 2.05) is 19.9 Å². The largest absolute Gasteiger partial charge is 0.490 e. The third-order valence-corrected chi connectivity index (χ3v) is 4.63. The van der Waals surface area contributed by atoms with Gasteiger partial charge in [0.2, 0.25) is 0 Å². The molecule has 0 unspecified atom stereocenters. The van der Waals surface area contributed by atoms with E-state index < -0.39 is 0 Å². The molecule has 144 valence electrons. The fourth-order valence-corrected chi connectivity index (χ4v) is 3.18. The number of pyridine rings is 1. The van der Waals surface area contributed by atoms with Crippen molar-refractivity contribution in [2.75, 3.05) is 18.5 Å². The number of hydrogen-bond donors (Lipinski definition) is 1. The number of nitrogens with zero attached hydrogens (tertiary/aromatic N) is 3. The summed E-state index contributed by atoms with van der Waals surface area (Å²) in [7, 11) is 0. The molecule has 1 amide bonds. The molecular formula is C20H19ClN4O3. The van der Waals surface area contributed by atoms with E-state index in [0.717, 1.165) is 17.8 Å². The summed E-state index contributed by atoms with van der Waals surface area (Å²) >= 11 is 6.29. The van der Waals surface area contributed by atoms with Crippen molar-refractivity contribution in [3.8, 4) is 17.3 Å². The molecular weight excluding hydrogens is 380 g/mol. The van der Waals surface area contributed by atoms with E-state index in [4.69, 9.17) is 21.1 Å². The third-order valence-electron chi connectivity index (χ3n) is 4.32. The van der Waals surface area contributed by atoms with Gasteiger partial charge in [-0.15, -0.1) is 0 Å². The second kappa shape index (κ2) is 7.52. The molecule has 28 heavy (non-hydrogen) atoms. The highest BCUT2D eigenvalue weighted by Gasteiger charge is 2.16. The van der Waals surface area contributed by atoms with Crippen LogP contribution in [-0.4, -0.2) is 33.9 Å². The fraction of sp³-hybridized carbons (Fsp3) is 0.250. The number of carbonyl (C=O) groups is 1. The average molecular weight is 399 g/mol. The Bertz CT molecular complexity index is 1030. The van der Waals surface area contributed by atoms with Crippen LogP contribution in [-0.2, 0) is 0 Å². The fourth-order valence-electron chi connectivity index (χ4n) is 2.98. The summed E-state index contributed by atoms with van der Waals surface area (Å²) in [4.78, 5) is 17.0. The van der Waals surface area contributed by atoms with Crippen LogP contribution in [0.25, 0.3) is 5.82 Å². The number of anilines is 1. The van der Waals surface area contributed by atoms with Crippen LogP contribution in [0.3, 0.4) is 0 Å². The number of amides is 1. The average Bonchev–Trinajstić information content (AvgIpc) is 2.87. The molecule has 0 spiro atoms. The Morgan fingerprint density at radius 2 is 1.89 bits per heavy atom. The van der Waals surface area contributed by atoms with E-state index in [0.29, 0.717) is 46.8 Å². The lowest BCUT2D eigenvalue weighted by Crippen LogP contribution is -2.13. The van der Waals surface area contributed by atoms with Crippen LogP contribution in [0.15, 0.2) is 36.5 Å². The topological polar surface area (TPSA) is 78.3 Å². The molecule has 0 aliphatic carbocycles. The molecule has 1 aromatic carbocycles. The normalized spacial score (nSPS) is 13.1. The summed E-state index contributed by atoms with van der Waals surface area (Å²) in [6.45, 7) is 5.00. The van der Waals surface area contributed by atoms with Gasteiger partial charge in [-0.2, -0.15) is 5.10 Å². The summed E-state index contributed by atoms with van der Waals surface area (Å²) in [5.41, 5.74) is 2.75. The molecule has 0 saturated heterocycles. The molecule has 1 aliphatic rings. The Hall–Kier alpha value is -3.06. The minimum Gasteiger partial charge on any atom is -0.490 e. The molecule has 0 atom stereocenters. The summed E-state index contributed by atoms with van der Waals surface area (Å²) < 4.78 is 13.0. The van der Waals surface area contributed by atoms with Gasteiger partial charge in [0, 0.05) is 30.4 Å². The van der Waals surface area contributed by atoms with E-state index >= 15 is 0 Å². The number of aromatic nitrogens is 3. The summed E-state index contributed by atoms with van der Waals surface area (Å²) in [5.74, 6) is 1.48. The smallest absolute Gasteiger partial charge is 0.257 e. The summed E-state index contributed by atoms with van der Waals surface area (Å²) in [6.07, 6.45) is 2.30. The van der Waals surface area contributed by atoms with Crippen molar-refractivity contribution in [3.05, 3.63) is 58.5 Å². The van der Waals surface area contributed by atoms with E-state index in [-0.39, 0.29) is 5.91 Å². The van der Waals surface area contributed by atoms with E-state index in [9.17, 15) is 4.79 Å². The Morgan fingerprint density at radius 1 is 1.14 bits per heavy atom.